The molecule has 0 bridgehead atoms. The number of rotatable bonds is 16. The quantitative estimate of drug-likeness (QED) is 0.0188. The number of Topliss-reactive ketones (excluding diaryl/α,β-unsaturated/α-hetero) is 1. The van der Waals surface area contributed by atoms with E-state index in [2.05, 4.69) is 48.0 Å². The molecule has 2 aliphatic rings. The maximum Gasteiger partial charge on any atom is 0.165 e. The normalized spacial score (nSPS) is 18.0. The van der Waals surface area contributed by atoms with E-state index in [1.807, 2.05) is 42.5 Å². The van der Waals surface area contributed by atoms with E-state index in [9.17, 15) is 24.9 Å². The minimum absolute atomic E-state index is 0.0142. The second-order valence-electron chi connectivity index (χ2n) is 17.1. The number of hydrogen-bond donors (Lipinski definition) is 6. The van der Waals surface area contributed by atoms with Crippen molar-refractivity contribution in [2.45, 2.75) is 95.6 Å². The molecule has 4 aromatic carbocycles. The SMILES string of the molecule is CC(CCCC=CC(=O)CCc1ccc(O)c(OCCc2ccc(O)c(C3CC(=O)c4cc[nH]c4CC#Cc4cc(C(N)N)ccc43)c2)c1)C1CCC(CO)c2ccccc2C1. The predicted molar refractivity (Wildman–Crippen MR) is 243 cm³/mol. The van der Waals surface area contributed by atoms with Crippen molar-refractivity contribution in [2.75, 3.05) is 13.2 Å². The van der Waals surface area contributed by atoms with Gasteiger partial charge in [-0.25, -0.2) is 0 Å². The number of allylic oxidation sites excluding steroid dienone is 2. The van der Waals surface area contributed by atoms with Crippen LogP contribution in [0.1, 0.15) is 130 Å². The highest BCUT2D eigenvalue weighted by molar-refractivity contribution is 5.98. The number of ether oxygens (including phenoxy) is 1. The van der Waals surface area contributed by atoms with Crippen molar-refractivity contribution in [3.63, 3.8) is 0 Å². The van der Waals surface area contributed by atoms with E-state index in [4.69, 9.17) is 16.2 Å². The molecule has 8 N–H and O–H groups in total. The first-order valence-electron chi connectivity index (χ1n) is 22.1. The number of aliphatic hydroxyl groups is 1. The number of fused-ring (bicyclic) bond motifs is 3. The number of unbranched alkanes of at least 4 members (excludes halogenated alkanes) is 1. The molecule has 0 saturated heterocycles. The Bertz CT molecular complexity index is 2450. The van der Waals surface area contributed by atoms with E-state index in [0.29, 0.717) is 60.0 Å². The van der Waals surface area contributed by atoms with E-state index in [-0.39, 0.29) is 48.6 Å². The predicted octanol–water partition coefficient (Wildman–Crippen LogP) is 8.87. The number of phenolic OH excluding ortho intramolecular Hbond substituents is 2. The van der Waals surface area contributed by atoms with Crippen LogP contribution < -0.4 is 16.2 Å². The number of aromatic hydroxyl groups is 2. The number of nitrogens with two attached hydrogens (primary N) is 2. The average molecular weight is 834 g/mol. The highest BCUT2D eigenvalue weighted by Crippen LogP contribution is 2.39. The second-order valence-corrected chi connectivity index (χ2v) is 17.1. The van der Waals surface area contributed by atoms with Crippen molar-refractivity contribution in [1.29, 1.82) is 0 Å². The van der Waals surface area contributed by atoms with Gasteiger partial charge in [0.05, 0.1) is 19.2 Å². The van der Waals surface area contributed by atoms with Gasteiger partial charge in [-0.3, -0.25) is 9.59 Å². The van der Waals surface area contributed by atoms with Gasteiger partial charge in [-0.15, -0.1) is 0 Å². The Kier molecular flexibility index (Phi) is 14.8. The third-order valence-corrected chi connectivity index (χ3v) is 12.9. The number of aromatic nitrogens is 1. The Hall–Kier alpha value is -5.92. The fraction of sp³-hybridized carbons (Fsp3) is 0.358. The summed E-state index contributed by atoms with van der Waals surface area (Å²) < 4.78 is 6.08. The highest BCUT2D eigenvalue weighted by Gasteiger charge is 2.28. The van der Waals surface area contributed by atoms with Gasteiger partial charge in [0.1, 0.15) is 5.75 Å². The Labute approximate surface area is 365 Å². The van der Waals surface area contributed by atoms with E-state index in [1.165, 1.54) is 11.1 Å². The molecule has 0 spiro atoms. The summed E-state index contributed by atoms with van der Waals surface area (Å²) in [6, 6.07) is 26.5. The first kappa shape index (κ1) is 44.1. The molecule has 0 amide bonds. The first-order valence-corrected chi connectivity index (χ1v) is 22.1. The molecule has 1 aromatic heterocycles. The van der Waals surface area contributed by atoms with Crippen molar-refractivity contribution >= 4 is 11.6 Å². The summed E-state index contributed by atoms with van der Waals surface area (Å²) in [5.74, 6) is 7.79. The molecule has 7 rings (SSSR count). The van der Waals surface area contributed by atoms with Crippen LogP contribution in [-0.4, -0.2) is 45.1 Å². The van der Waals surface area contributed by atoms with Gasteiger partial charge < -0.3 is 36.5 Å². The molecule has 9 heteroatoms. The number of hydrogen-bond acceptors (Lipinski definition) is 8. The lowest BCUT2D eigenvalue weighted by atomic mass is 9.81. The van der Waals surface area contributed by atoms with Gasteiger partial charge in [0.15, 0.2) is 23.1 Å². The summed E-state index contributed by atoms with van der Waals surface area (Å²) >= 11 is 0. The van der Waals surface area contributed by atoms with Crippen LogP contribution in [0.2, 0.25) is 0 Å². The second kappa shape index (κ2) is 20.8. The van der Waals surface area contributed by atoms with Gasteiger partial charge in [-0.05, 0) is 120 Å². The van der Waals surface area contributed by atoms with Crippen molar-refractivity contribution in [1.82, 2.24) is 4.98 Å². The van der Waals surface area contributed by atoms with Gasteiger partial charge in [-0.2, -0.15) is 0 Å². The number of carbonyl (C=O) groups excluding carboxylic acids is 2. The first-order chi connectivity index (χ1) is 30.1. The topological polar surface area (TPSA) is 172 Å². The number of aromatic amines is 1. The van der Waals surface area contributed by atoms with Crippen LogP contribution in [0.3, 0.4) is 0 Å². The van der Waals surface area contributed by atoms with Crippen molar-refractivity contribution in [3.8, 4) is 29.1 Å². The zero-order chi connectivity index (χ0) is 43.6. The molecule has 4 atom stereocenters. The van der Waals surface area contributed by atoms with Gasteiger partial charge in [0.2, 0.25) is 0 Å². The Morgan fingerprint density at radius 3 is 2.55 bits per heavy atom. The smallest absolute Gasteiger partial charge is 0.165 e. The van der Waals surface area contributed by atoms with Crippen LogP contribution in [0.5, 0.6) is 17.2 Å². The van der Waals surface area contributed by atoms with E-state index >= 15 is 0 Å². The summed E-state index contributed by atoms with van der Waals surface area (Å²) in [7, 11) is 0. The highest BCUT2D eigenvalue weighted by atomic mass is 16.5. The van der Waals surface area contributed by atoms with E-state index in [1.54, 1.807) is 36.5 Å². The van der Waals surface area contributed by atoms with Gasteiger partial charge >= 0.3 is 0 Å². The number of phenols is 2. The monoisotopic (exact) mass is 833 g/mol. The zero-order valence-electron chi connectivity index (χ0n) is 35.6. The van der Waals surface area contributed by atoms with Crippen LogP contribution in [0.25, 0.3) is 0 Å². The molecule has 2 aliphatic carbocycles. The summed E-state index contributed by atoms with van der Waals surface area (Å²) in [5.41, 5.74) is 20.6. The number of benzene rings is 4. The Morgan fingerprint density at radius 2 is 1.73 bits per heavy atom. The number of ketones is 2. The lowest BCUT2D eigenvalue weighted by Crippen LogP contribution is -2.20. The number of aryl methyl sites for hydroxylation is 1. The molecule has 62 heavy (non-hydrogen) atoms. The van der Waals surface area contributed by atoms with Crippen LogP contribution in [0.4, 0.5) is 0 Å². The van der Waals surface area contributed by atoms with Crippen molar-refractivity contribution < 1.29 is 29.6 Å². The molecule has 0 aliphatic heterocycles. The van der Waals surface area contributed by atoms with Crippen molar-refractivity contribution in [2.24, 2.45) is 23.3 Å². The number of aliphatic hydroxyl groups excluding tert-OH is 1. The molecule has 9 nitrogen and oxygen atoms in total. The fourth-order valence-electron chi connectivity index (χ4n) is 9.17. The van der Waals surface area contributed by atoms with Crippen LogP contribution >= 0.6 is 0 Å². The standard InChI is InChI=1S/C53H59N3O6/c1-34(37-17-18-41(33-57)43-12-6-5-9-38(43)30-37)8-3-2-4-11-42(58)20-14-35-16-23-50(60)52(29-35)62-27-25-36-15-22-49(59)47(28-36)46-32-51(61)45-24-26-56-48(45)13-7-10-39-31-40(53(54)55)19-21-44(39)46/h4-6,9,11-12,15-16,19,21-24,26,28-29,31,34,37,41,46,53,56-57,59-60H,2-3,8,13-14,17-18,20,25,27,30,32-33,54-55H2,1H3. The van der Waals surface area contributed by atoms with Crippen molar-refractivity contribution in [3.05, 3.63) is 159 Å². The molecule has 0 saturated carbocycles. The van der Waals surface area contributed by atoms with Gasteiger partial charge in [0, 0.05) is 66.3 Å². The number of nitrogens with one attached hydrogen (secondary N) is 1. The maximum absolute atomic E-state index is 13.7. The molecule has 322 valence electrons. The molecule has 0 radical (unpaired) electrons. The molecular weight excluding hydrogens is 775 g/mol. The van der Waals surface area contributed by atoms with Crippen LogP contribution in [0.15, 0.2) is 103 Å². The minimum atomic E-state index is -0.691. The minimum Gasteiger partial charge on any atom is -0.508 e. The molecule has 1 heterocycles. The molecule has 5 aromatic rings. The summed E-state index contributed by atoms with van der Waals surface area (Å²) in [5, 5.41) is 31.9. The molecular formula is C53H59N3O6. The summed E-state index contributed by atoms with van der Waals surface area (Å²) in [6.45, 7) is 2.79. The summed E-state index contributed by atoms with van der Waals surface area (Å²) in [6.07, 6.45) is 12.8. The average Bonchev–Trinajstić information content (AvgIpc) is 3.66. The van der Waals surface area contributed by atoms with E-state index in [0.717, 1.165) is 66.5 Å². The Balaban J connectivity index is 0.924. The van der Waals surface area contributed by atoms with Gasteiger partial charge in [-0.1, -0.05) is 85.9 Å². The molecule has 4 unspecified atom stereocenters. The largest absolute Gasteiger partial charge is 0.508 e. The third-order valence-electron chi connectivity index (χ3n) is 12.9. The maximum atomic E-state index is 13.7. The Morgan fingerprint density at radius 1 is 0.919 bits per heavy atom. The number of carbonyl (C=O) groups is 2. The molecule has 0 fully saturated rings. The lowest BCUT2D eigenvalue weighted by molar-refractivity contribution is -0.114. The number of H-pyrrole nitrogens is 1. The summed E-state index contributed by atoms with van der Waals surface area (Å²) in [4.78, 5) is 29.7. The zero-order valence-corrected chi connectivity index (χ0v) is 35.6. The van der Waals surface area contributed by atoms with Crippen LogP contribution in [-0.2, 0) is 30.5 Å². The third kappa shape index (κ3) is 10.9. The lowest BCUT2D eigenvalue weighted by Gasteiger charge is -2.22. The fourth-order valence-corrected chi connectivity index (χ4v) is 9.17. The van der Waals surface area contributed by atoms with Gasteiger partial charge in [0.25, 0.3) is 0 Å². The van der Waals surface area contributed by atoms with Crippen LogP contribution in [0, 0.1) is 23.7 Å². The van der Waals surface area contributed by atoms with E-state index < -0.39 is 12.1 Å².